The minimum absolute atomic E-state index is 0.327. The molecule has 0 bridgehead atoms. The summed E-state index contributed by atoms with van der Waals surface area (Å²) in [4.78, 5) is 36.1. The van der Waals surface area contributed by atoms with Crippen LogP contribution in [0.5, 0.6) is 0 Å². The maximum absolute atomic E-state index is 12.2. The molecule has 1 heterocycles. The van der Waals surface area contributed by atoms with Crippen molar-refractivity contribution in [3.63, 3.8) is 0 Å². The van der Waals surface area contributed by atoms with Crippen LogP contribution in [-0.4, -0.2) is 33.8 Å². The first kappa shape index (κ1) is 12.3. The molecule has 1 atom stereocenters. The summed E-state index contributed by atoms with van der Waals surface area (Å²) >= 11 is 0. The van der Waals surface area contributed by atoms with Crippen molar-refractivity contribution in [2.75, 3.05) is 0 Å². The third-order valence-corrected chi connectivity index (χ3v) is 3.23. The number of amides is 2. The van der Waals surface area contributed by atoms with E-state index in [0.717, 1.165) is 4.90 Å². The van der Waals surface area contributed by atoms with Crippen molar-refractivity contribution in [2.45, 2.75) is 26.8 Å². The Kier molecular flexibility index (Phi) is 2.69. The lowest BCUT2D eigenvalue weighted by Crippen LogP contribution is -2.42. The average Bonchev–Trinajstić information content (AvgIpc) is 2.56. The molecule has 0 aliphatic carbocycles. The maximum atomic E-state index is 12.2. The number of fused-ring (bicyclic) bond motifs is 1. The second-order valence-electron chi connectivity index (χ2n) is 4.44. The molecule has 0 aromatic heterocycles. The number of imide groups is 1. The third-order valence-electron chi connectivity index (χ3n) is 3.23. The number of aryl methyl sites for hydroxylation is 2. The van der Waals surface area contributed by atoms with Crippen LogP contribution >= 0.6 is 0 Å². The molecule has 5 nitrogen and oxygen atoms in total. The Labute approximate surface area is 104 Å². The summed E-state index contributed by atoms with van der Waals surface area (Å²) in [6, 6.07) is 2.36. The summed E-state index contributed by atoms with van der Waals surface area (Å²) in [6.45, 7) is 4.80. The third kappa shape index (κ3) is 1.51. The SMILES string of the molecule is Cc1ccc(C)c2c1C(=O)N(C(C)C(=O)O)C2=O. The summed E-state index contributed by atoms with van der Waals surface area (Å²) in [5.74, 6) is -2.24. The molecule has 18 heavy (non-hydrogen) atoms. The fraction of sp³-hybridized carbons (Fsp3) is 0.308. The largest absolute Gasteiger partial charge is 0.480 e. The highest BCUT2D eigenvalue weighted by atomic mass is 16.4. The standard InChI is InChI=1S/C13H13NO4/c1-6-4-5-7(2)10-9(6)11(15)14(12(10)16)8(3)13(17)18/h4-5,8H,1-3H3,(H,17,18). The van der Waals surface area contributed by atoms with Gasteiger partial charge in [0, 0.05) is 0 Å². The smallest absolute Gasteiger partial charge is 0.326 e. The number of rotatable bonds is 2. The van der Waals surface area contributed by atoms with Gasteiger partial charge in [-0.15, -0.1) is 0 Å². The predicted octanol–water partition coefficient (Wildman–Crippen LogP) is 1.37. The highest BCUT2D eigenvalue weighted by Gasteiger charge is 2.42. The predicted molar refractivity (Wildman–Crippen MR) is 63.5 cm³/mol. The van der Waals surface area contributed by atoms with Gasteiger partial charge >= 0.3 is 5.97 Å². The number of carboxylic acids is 1. The van der Waals surface area contributed by atoms with Gasteiger partial charge in [-0.3, -0.25) is 14.5 Å². The van der Waals surface area contributed by atoms with Crippen LogP contribution in [0.1, 0.15) is 38.8 Å². The first-order chi connectivity index (χ1) is 8.36. The molecule has 1 unspecified atom stereocenters. The summed E-state index contributed by atoms with van der Waals surface area (Å²) in [6.07, 6.45) is 0. The summed E-state index contributed by atoms with van der Waals surface area (Å²) < 4.78 is 0. The number of hydrogen-bond acceptors (Lipinski definition) is 3. The summed E-state index contributed by atoms with van der Waals surface area (Å²) in [5.41, 5.74) is 2.03. The lowest BCUT2D eigenvalue weighted by molar-refractivity contribution is -0.140. The monoisotopic (exact) mass is 247 g/mol. The Bertz CT molecular complexity index is 536. The zero-order valence-electron chi connectivity index (χ0n) is 10.4. The topological polar surface area (TPSA) is 74.7 Å². The zero-order valence-corrected chi connectivity index (χ0v) is 10.4. The lowest BCUT2D eigenvalue weighted by atomic mass is 9.99. The number of carboxylic acid groups (broad SMARTS) is 1. The summed E-state index contributed by atoms with van der Waals surface area (Å²) in [5, 5.41) is 8.95. The molecule has 94 valence electrons. The Morgan fingerprint density at radius 2 is 1.50 bits per heavy atom. The van der Waals surface area contributed by atoms with Gasteiger partial charge in [0.1, 0.15) is 6.04 Å². The molecule has 0 fully saturated rings. The Balaban J connectivity index is 2.61. The van der Waals surface area contributed by atoms with Crippen LogP contribution in [0.4, 0.5) is 0 Å². The van der Waals surface area contributed by atoms with Crippen LogP contribution in [0.3, 0.4) is 0 Å². The number of nitrogens with zero attached hydrogens (tertiary/aromatic N) is 1. The van der Waals surface area contributed by atoms with Crippen LogP contribution in [0.15, 0.2) is 12.1 Å². The molecule has 0 saturated carbocycles. The molecule has 1 aliphatic heterocycles. The second kappa shape index (κ2) is 3.94. The van der Waals surface area contributed by atoms with E-state index in [-0.39, 0.29) is 0 Å². The molecule has 0 radical (unpaired) electrons. The highest BCUT2D eigenvalue weighted by molar-refractivity contribution is 6.23. The highest BCUT2D eigenvalue weighted by Crippen LogP contribution is 2.29. The van der Waals surface area contributed by atoms with Crippen LogP contribution in [0.25, 0.3) is 0 Å². The molecule has 1 aromatic carbocycles. The molecular weight excluding hydrogens is 234 g/mol. The van der Waals surface area contributed by atoms with Gasteiger partial charge in [-0.1, -0.05) is 12.1 Å². The fourth-order valence-corrected chi connectivity index (χ4v) is 2.16. The normalized spacial score (nSPS) is 15.8. The van der Waals surface area contributed by atoms with Crippen LogP contribution in [0.2, 0.25) is 0 Å². The van der Waals surface area contributed by atoms with Crippen molar-refractivity contribution >= 4 is 17.8 Å². The number of benzene rings is 1. The van der Waals surface area contributed by atoms with Gasteiger partial charge in [0.25, 0.3) is 11.8 Å². The molecule has 1 aromatic rings. The van der Waals surface area contributed by atoms with E-state index >= 15 is 0 Å². The summed E-state index contributed by atoms with van der Waals surface area (Å²) in [7, 11) is 0. The minimum Gasteiger partial charge on any atom is -0.480 e. The van der Waals surface area contributed by atoms with E-state index in [1.807, 2.05) is 0 Å². The van der Waals surface area contributed by atoms with Gasteiger partial charge in [-0.2, -0.15) is 0 Å². The van der Waals surface area contributed by atoms with Crippen LogP contribution < -0.4 is 0 Å². The average molecular weight is 247 g/mol. The number of hydrogen-bond donors (Lipinski definition) is 1. The van der Waals surface area contributed by atoms with E-state index in [1.54, 1.807) is 26.0 Å². The first-order valence-electron chi connectivity index (χ1n) is 5.57. The van der Waals surface area contributed by atoms with E-state index < -0.39 is 23.8 Å². The van der Waals surface area contributed by atoms with Crippen molar-refractivity contribution in [3.8, 4) is 0 Å². The Hall–Kier alpha value is -2.17. The molecule has 2 rings (SSSR count). The van der Waals surface area contributed by atoms with Crippen LogP contribution in [0, 0.1) is 13.8 Å². The van der Waals surface area contributed by atoms with Crippen molar-refractivity contribution in [1.82, 2.24) is 4.90 Å². The van der Waals surface area contributed by atoms with Gasteiger partial charge in [0.2, 0.25) is 0 Å². The van der Waals surface area contributed by atoms with E-state index in [2.05, 4.69) is 0 Å². The van der Waals surface area contributed by atoms with Crippen LogP contribution in [-0.2, 0) is 4.79 Å². The molecule has 1 N–H and O–H groups in total. The lowest BCUT2D eigenvalue weighted by Gasteiger charge is -2.18. The number of carbonyl (C=O) groups excluding carboxylic acids is 2. The van der Waals surface area contributed by atoms with Crippen molar-refractivity contribution in [1.29, 1.82) is 0 Å². The van der Waals surface area contributed by atoms with Gasteiger partial charge in [-0.25, -0.2) is 4.79 Å². The maximum Gasteiger partial charge on any atom is 0.326 e. The van der Waals surface area contributed by atoms with Gasteiger partial charge in [0.15, 0.2) is 0 Å². The fourth-order valence-electron chi connectivity index (χ4n) is 2.16. The molecule has 2 amide bonds. The number of aliphatic carboxylic acids is 1. The molecule has 5 heteroatoms. The molecule has 1 aliphatic rings. The van der Waals surface area contributed by atoms with E-state index in [1.165, 1.54) is 6.92 Å². The van der Waals surface area contributed by atoms with Crippen molar-refractivity contribution in [2.24, 2.45) is 0 Å². The first-order valence-corrected chi connectivity index (χ1v) is 5.57. The van der Waals surface area contributed by atoms with Crippen molar-refractivity contribution < 1.29 is 19.5 Å². The second-order valence-corrected chi connectivity index (χ2v) is 4.44. The van der Waals surface area contributed by atoms with Gasteiger partial charge in [0.05, 0.1) is 11.1 Å². The molecular formula is C13H13NO4. The number of carbonyl (C=O) groups is 3. The van der Waals surface area contributed by atoms with E-state index in [4.69, 9.17) is 5.11 Å². The zero-order chi connectivity index (χ0) is 13.6. The van der Waals surface area contributed by atoms with E-state index in [0.29, 0.717) is 22.3 Å². The van der Waals surface area contributed by atoms with E-state index in [9.17, 15) is 14.4 Å². The van der Waals surface area contributed by atoms with Crippen molar-refractivity contribution in [3.05, 3.63) is 34.4 Å². The Morgan fingerprint density at radius 3 is 1.83 bits per heavy atom. The Morgan fingerprint density at radius 1 is 1.11 bits per heavy atom. The molecule has 0 saturated heterocycles. The van der Waals surface area contributed by atoms with Gasteiger partial charge in [-0.05, 0) is 31.9 Å². The minimum atomic E-state index is -1.19. The quantitative estimate of drug-likeness (QED) is 0.801. The molecule has 0 spiro atoms. The van der Waals surface area contributed by atoms with Gasteiger partial charge < -0.3 is 5.11 Å².